The van der Waals surface area contributed by atoms with E-state index in [0.29, 0.717) is 0 Å². The number of fused-ring (bicyclic) bond motifs is 3. The third-order valence-corrected chi connectivity index (χ3v) is 6.05. The number of hydrogen-bond donors (Lipinski definition) is 0. The molecule has 0 aliphatic heterocycles. The first-order valence-corrected chi connectivity index (χ1v) is 10.4. The van der Waals surface area contributed by atoms with Gasteiger partial charge in [-0.3, -0.25) is 0 Å². The fourth-order valence-corrected chi connectivity index (χ4v) is 4.61. The van der Waals surface area contributed by atoms with E-state index in [1.54, 1.807) is 0 Å². The number of hydrogen-bond acceptors (Lipinski definition) is 0. The SMILES string of the molecule is c1ccc(-c2ccc(-c3cccc4cc5ccccc5cc34)c3ccccc23)cc1. The van der Waals surface area contributed by atoms with Gasteiger partial charge in [0.1, 0.15) is 0 Å². The van der Waals surface area contributed by atoms with E-state index in [2.05, 4.69) is 121 Å². The molecule has 0 aliphatic rings. The molecule has 30 heavy (non-hydrogen) atoms. The van der Waals surface area contributed by atoms with E-state index in [9.17, 15) is 0 Å². The van der Waals surface area contributed by atoms with E-state index in [0.717, 1.165) is 0 Å². The fraction of sp³-hybridized carbons (Fsp3) is 0. The zero-order valence-electron chi connectivity index (χ0n) is 16.5. The van der Waals surface area contributed by atoms with E-state index in [-0.39, 0.29) is 0 Å². The van der Waals surface area contributed by atoms with Crippen LogP contribution in [0.3, 0.4) is 0 Å². The molecule has 0 atom stereocenters. The first-order valence-electron chi connectivity index (χ1n) is 10.4. The van der Waals surface area contributed by atoms with Crippen molar-refractivity contribution >= 4 is 32.3 Å². The van der Waals surface area contributed by atoms with Crippen LogP contribution < -0.4 is 0 Å². The minimum absolute atomic E-state index is 1.25. The van der Waals surface area contributed by atoms with E-state index in [4.69, 9.17) is 0 Å². The van der Waals surface area contributed by atoms with Crippen LogP contribution in [-0.4, -0.2) is 0 Å². The lowest BCUT2D eigenvalue weighted by Gasteiger charge is -2.14. The van der Waals surface area contributed by atoms with Crippen molar-refractivity contribution in [2.24, 2.45) is 0 Å². The Kier molecular flexibility index (Phi) is 3.89. The second-order valence-corrected chi connectivity index (χ2v) is 7.80. The minimum atomic E-state index is 1.25. The van der Waals surface area contributed by atoms with Crippen molar-refractivity contribution in [3.63, 3.8) is 0 Å². The number of benzene rings is 6. The smallest absolute Gasteiger partial charge is 0.00987 e. The van der Waals surface area contributed by atoms with Gasteiger partial charge in [-0.1, -0.05) is 109 Å². The highest BCUT2D eigenvalue weighted by atomic mass is 14.1. The van der Waals surface area contributed by atoms with Crippen molar-refractivity contribution in [1.29, 1.82) is 0 Å². The Labute approximate surface area is 176 Å². The topological polar surface area (TPSA) is 0 Å². The standard InChI is InChI=1S/C30H20/c1-2-9-21(10-3-1)25-17-18-29(27-15-7-6-14-26(25)27)28-16-8-13-24-19-22-11-4-5-12-23(22)20-30(24)28/h1-20H. The average Bonchev–Trinajstić information content (AvgIpc) is 2.82. The van der Waals surface area contributed by atoms with Crippen molar-refractivity contribution in [3.05, 3.63) is 121 Å². The summed E-state index contributed by atoms with van der Waals surface area (Å²) in [6.45, 7) is 0. The molecule has 0 amide bonds. The lowest BCUT2D eigenvalue weighted by Crippen LogP contribution is -1.87. The van der Waals surface area contributed by atoms with Gasteiger partial charge in [-0.05, 0) is 66.7 Å². The summed E-state index contributed by atoms with van der Waals surface area (Å²) in [5.41, 5.74) is 5.10. The second kappa shape index (κ2) is 6.86. The Morgan fingerprint density at radius 3 is 1.67 bits per heavy atom. The molecule has 0 nitrogen and oxygen atoms in total. The predicted octanol–water partition coefficient (Wildman–Crippen LogP) is 8.48. The quantitative estimate of drug-likeness (QED) is 0.264. The molecule has 0 heteroatoms. The predicted molar refractivity (Wildman–Crippen MR) is 130 cm³/mol. The molecular weight excluding hydrogens is 360 g/mol. The van der Waals surface area contributed by atoms with Gasteiger partial charge in [-0.15, -0.1) is 0 Å². The summed E-state index contributed by atoms with van der Waals surface area (Å²) < 4.78 is 0. The molecule has 0 fully saturated rings. The summed E-state index contributed by atoms with van der Waals surface area (Å²) in [7, 11) is 0. The summed E-state index contributed by atoms with van der Waals surface area (Å²) in [5.74, 6) is 0. The van der Waals surface area contributed by atoms with Gasteiger partial charge >= 0.3 is 0 Å². The van der Waals surface area contributed by atoms with Gasteiger partial charge in [-0.25, -0.2) is 0 Å². The first kappa shape index (κ1) is 17.0. The van der Waals surface area contributed by atoms with E-state index >= 15 is 0 Å². The molecule has 6 aromatic rings. The molecule has 0 N–H and O–H groups in total. The van der Waals surface area contributed by atoms with Gasteiger partial charge < -0.3 is 0 Å². The Bertz CT molecular complexity index is 1520. The zero-order valence-corrected chi connectivity index (χ0v) is 16.5. The van der Waals surface area contributed by atoms with Gasteiger partial charge in [0, 0.05) is 0 Å². The summed E-state index contributed by atoms with van der Waals surface area (Å²) >= 11 is 0. The van der Waals surface area contributed by atoms with Crippen LogP contribution in [0.2, 0.25) is 0 Å². The average molecular weight is 380 g/mol. The summed E-state index contributed by atoms with van der Waals surface area (Å²) in [4.78, 5) is 0. The van der Waals surface area contributed by atoms with Crippen LogP contribution in [0, 0.1) is 0 Å². The van der Waals surface area contributed by atoms with Gasteiger partial charge in [0.25, 0.3) is 0 Å². The highest BCUT2D eigenvalue weighted by Crippen LogP contribution is 2.39. The molecule has 6 rings (SSSR count). The maximum atomic E-state index is 2.33. The highest BCUT2D eigenvalue weighted by molar-refractivity contribution is 6.11. The molecule has 0 saturated heterocycles. The molecule has 6 aromatic carbocycles. The van der Waals surface area contributed by atoms with Gasteiger partial charge in [0.05, 0.1) is 0 Å². The Morgan fingerprint density at radius 2 is 0.867 bits per heavy atom. The summed E-state index contributed by atoms with van der Waals surface area (Å²) in [6, 6.07) is 43.8. The highest BCUT2D eigenvalue weighted by Gasteiger charge is 2.11. The lowest BCUT2D eigenvalue weighted by atomic mass is 9.89. The minimum Gasteiger partial charge on any atom is -0.0622 e. The van der Waals surface area contributed by atoms with Crippen LogP contribution >= 0.6 is 0 Å². The Morgan fingerprint density at radius 1 is 0.300 bits per heavy atom. The largest absolute Gasteiger partial charge is 0.0622 e. The van der Waals surface area contributed by atoms with E-state index in [1.165, 1.54) is 54.6 Å². The van der Waals surface area contributed by atoms with Crippen LogP contribution in [-0.2, 0) is 0 Å². The molecule has 0 radical (unpaired) electrons. The van der Waals surface area contributed by atoms with Crippen LogP contribution in [0.4, 0.5) is 0 Å². The van der Waals surface area contributed by atoms with Crippen LogP contribution in [0.15, 0.2) is 121 Å². The monoisotopic (exact) mass is 380 g/mol. The molecule has 0 aromatic heterocycles. The van der Waals surface area contributed by atoms with E-state index in [1.807, 2.05) is 0 Å². The maximum absolute atomic E-state index is 2.33. The number of rotatable bonds is 2. The van der Waals surface area contributed by atoms with Crippen LogP contribution in [0.5, 0.6) is 0 Å². The van der Waals surface area contributed by atoms with Gasteiger partial charge in [0.15, 0.2) is 0 Å². The maximum Gasteiger partial charge on any atom is -0.00987 e. The van der Waals surface area contributed by atoms with Crippen molar-refractivity contribution in [2.45, 2.75) is 0 Å². The molecule has 0 saturated carbocycles. The van der Waals surface area contributed by atoms with E-state index < -0.39 is 0 Å². The molecule has 140 valence electrons. The van der Waals surface area contributed by atoms with Crippen molar-refractivity contribution in [2.75, 3.05) is 0 Å². The summed E-state index contributed by atoms with van der Waals surface area (Å²) in [6.07, 6.45) is 0. The van der Waals surface area contributed by atoms with Crippen molar-refractivity contribution in [3.8, 4) is 22.3 Å². The lowest BCUT2D eigenvalue weighted by molar-refractivity contribution is 1.64. The third kappa shape index (κ3) is 2.69. The first-order chi connectivity index (χ1) is 14.9. The van der Waals surface area contributed by atoms with Crippen molar-refractivity contribution < 1.29 is 0 Å². The van der Waals surface area contributed by atoms with Crippen LogP contribution in [0.25, 0.3) is 54.6 Å². The van der Waals surface area contributed by atoms with Gasteiger partial charge in [-0.2, -0.15) is 0 Å². The molecular formula is C30H20. The van der Waals surface area contributed by atoms with Crippen molar-refractivity contribution in [1.82, 2.24) is 0 Å². The molecule has 0 bridgehead atoms. The molecule has 0 spiro atoms. The third-order valence-electron chi connectivity index (χ3n) is 6.05. The normalized spacial score (nSPS) is 11.3. The van der Waals surface area contributed by atoms with Gasteiger partial charge in [0.2, 0.25) is 0 Å². The molecule has 0 heterocycles. The van der Waals surface area contributed by atoms with Crippen LogP contribution in [0.1, 0.15) is 0 Å². The molecule has 0 aliphatic carbocycles. The molecule has 0 unspecified atom stereocenters. The fourth-order valence-electron chi connectivity index (χ4n) is 4.61. The second-order valence-electron chi connectivity index (χ2n) is 7.80. The Balaban J connectivity index is 1.66. The summed E-state index contributed by atoms with van der Waals surface area (Å²) in [5, 5.41) is 7.73. The zero-order chi connectivity index (χ0) is 19.9. The Hall–Kier alpha value is -3.90.